The van der Waals surface area contributed by atoms with Crippen molar-refractivity contribution >= 4 is 17.6 Å². The average molecular weight is 367 g/mol. The molecule has 1 aliphatic rings. The van der Waals surface area contributed by atoms with Crippen LogP contribution in [0.5, 0.6) is 0 Å². The Labute approximate surface area is 157 Å². The molecule has 1 aliphatic heterocycles. The van der Waals surface area contributed by atoms with Crippen molar-refractivity contribution in [3.8, 4) is 0 Å². The molecule has 0 fully saturated rings. The van der Waals surface area contributed by atoms with Gasteiger partial charge in [-0.1, -0.05) is 50.2 Å². The summed E-state index contributed by atoms with van der Waals surface area (Å²) >= 11 is 0. The molecule has 0 bridgehead atoms. The highest BCUT2D eigenvalue weighted by atomic mass is 19.1. The number of allylic oxidation sites excluding steroid dienone is 1. The summed E-state index contributed by atoms with van der Waals surface area (Å²) in [4.78, 5) is 24.8. The fraction of sp³-hybridized carbons (Fsp3) is 0.238. The number of carbonyl (C=O) groups excluding carboxylic acids is 2. The molecule has 2 aromatic rings. The van der Waals surface area contributed by atoms with E-state index in [0.29, 0.717) is 17.2 Å². The third-order valence-corrected chi connectivity index (χ3v) is 4.57. The number of urea groups is 1. The minimum Gasteiger partial charge on any atom is -0.327 e. The quantitative estimate of drug-likeness (QED) is 0.757. The van der Waals surface area contributed by atoms with E-state index >= 15 is 0 Å². The lowest BCUT2D eigenvalue weighted by Crippen LogP contribution is -2.46. The Hall–Kier alpha value is -3.15. The van der Waals surface area contributed by atoms with Gasteiger partial charge in [-0.05, 0) is 36.1 Å². The Morgan fingerprint density at radius 1 is 1.11 bits per heavy atom. The van der Waals surface area contributed by atoms with Gasteiger partial charge in [-0.3, -0.25) is 4.79 Å². The molecule has 2 aromatic carbocycles. The number of para-hydroxylation sites is 1. The number of anilines is 1. The van der Waals surface area contributed by atoms with Crippen molar-refractivity contribution < 1.29 is 14.0 Å². The van der Waals surface area contributed by atoms with Crippen molar-refractivity contribution in [3.63, 3.8) is 0 Å². The normalized spacial score (nSPS) is 16.8. The highest BCUT2D eigenvalue weighted by molar-refractivity contribution is 6.06. The second kappa shape index (κ2) is 7.61. The maximum absolute atomic E-state index is 13.9. The van der Waals surface area contributed by atoms with Crippen LogP contribution in [0.2, 0.25) is 0 Å². The van der Waals surface area contributed by atoms with Gasteiger partial charge in [0.15, 0.2) is 0 Å². The predicted octanol–water partition coefficient (Wildman–Crippen LogP) is 4.22. The van der Waals surface area contributed by atoms with Gasteiger partial charge in [-0.25, -0.2) is 9.18 Å². The zero-order valence-corrected chi connectivity index (χ0v) is 15.5. The fourth-order valence-electron chi connectivity index (χ4n) is 3.07. The summed E-state index contributed by atoms with van der Waals surface area (Å²) in [6, 6.07) is 12.7. The first-order valence-corrected chi connectivity index (χ1v) is 8.81. The van der Waals surface area contributed by atoms with Crippen molar-refractivity contribution in [1.29, 1.82) is 0 Å². The number of carbonyl (C=O) groups is 2. The first-order valence-electron chi connectivity index (χ1n) is 8.81. The average Bonchev–Trinajstić information content (AvgIpc) is 2.63. The van der Waals surface area contributed by atoms with E-state index < -0.39 is 17.8 Å². The molecule has 3 amide bonds. The predicted molar refractivity (Wildman–Crippen MR) is 103 cm³/mol. The third kappa shape index (κ3) is 4.00. The molecule has 0 saturated carbocycles. The molecule has 27 heavy (non-hydrogen) atoms. The van der Waals surface area contributed by atoms with Crippen LogP contribution in [0.3, 0.4) is 0 Å². The van der Waals surface area contributed by atoms with E-state index in [9.17, 15) is 14.0 Å². The maximum Gasteiger partial charge on any atom is 0.319 e. The Morgan fingerprint density at radius 3 is 2.41 bits per heavy atom. The van der Waals surface area contributed by atoms with Crippen LogP contribution in [0.25, 0.3) is 0 Å². The van der Waals surface area contributed by atoms with E-state index in [4.69, 9.17) is 0 Å². The van der Waals surface area contributed by atoms with Crippen molar-refractivity contribution in [2.75, 3.05) is 5.32 Å². The maximum atomic E-state index is 13.9. The Bertz CT molecular complexity index is 904. The lowest BCUT2D eigenvalue weighted by molar-refractivity contribution is -0.113. The highest BCUT2D eigenvalue weighted by Crippen LogP contribution is 2.29. The third-order valence-electron chi connectivity index (χ3n) is 4.57. The number of benzene rings is 2. The van der Waals surface area contributed by atoms with Gasteiger partial charge in [0.05, 0.1) is 17.3 Å². The van der Waals surface area contributed by atoms with Crippen LogP contribution in [0.1, 0.15) is 43.9 Å². The van der Waals surface area contributed by atoms with Gasteiger partial charge in [0.1, 0.15) is 5.82 Å². The van der Waals surface area contributed by atoms with Crippen LogP contribution in [0.4, 0.5) is 14.9 Å². The summed E-state index contributed by atoms with van der Waals surface area (Å²) < 4.78 is 13.9. The SMILES string of the molecule is CC1=C(C(=O)Nc2ccccc2F)C(c2ccc(C(C)C)cc2)NC(=O)N1. The van der Waals surface area contributed by atoms with Gasteiger partial charge in [-0.2, -0.15) is 0 Å². The first kappa shape index (κ1) is 18.6. The molecule has 3 rings (SSSR count). The number of nitrogens with one attached hydrogen (secondary N) is 3. The minimum absolute atomic E-state index is 0.0913. The van der Waals surface area contributed by atoms with E-state index in [2.05, 4.69) is 29.8 Å². The zero-order chi connectivity index (χ0) is 19.6. The molecule has 0 aliphatic carbocycles. The molecule has 1 atom stereocenters. The molecule has 0 radical (unpaired) electrons. The number of amides is 3. The topological polar surface area (TPSA) is 70.2 Å². The van der Waals surface area contributed by atoms with Crippen molar-refractivity contribution in [3.05, 3.63) is 76.7 Å². The largest absolute Gasteiger partial charge is 0.327 e. The van der Waals surface area contributed by atoms with Crippen LogP contribution in [0, 0.1) is 5.82 Å². The molecule has 0 spiro atoms. The van der Waals surface area contributed by atoms with Gasteiger partial charge in [0.2, 0.25) is 0 Å². The van der Waals surface area contributed by atoms with Crippen LogP contribution in [0.15, 0.2) is 59.8 Å². The van der Waals surface area contributed by atoms with Crippen molar-refractivity contribution in [2.45, 2.75) is 32.7 Å². The van der Waals surface area contributed by atoms with E-state index in [0.717, 1.165) is 11.1 Å². The van der Waals surface area contributed by atoms with Gasteiger partial charge >= 0.3 is 6.03 Å². The summed E-state index contributed by atoms with van der Waals surface area (Å²) in [6.45, 7) is 5.85. The van der Waals surface area contributed by atoms with Gasteiger partial charge in [0.25, 0.3) is 5.91 Å². The smallest absolute Gasteiger partial charge is 0.319 e. The molecule has 6 heteroatoms. The van der Waals surface area contributed by atoms with Crippen LogP contribution in [-0.4, -0.2) is 11.9 Å². The highest BCUT2D eigenvalue weighted by Gasteiger charge is 2.31. The molecule has 3 N–H and O–H groups in total. The first-order chi connectivity index (χ1) is 12.9. The monoisotopic (exact) mass is 367 g/mol. The second-order valence-electron chi connectivity index (χ2n) is 6.83. The Balaban J connectivity index is 1.94. The van der Waals surface area contributed by atoms with E-state index in [1.54, 1.807) is 19.1 Å². The molecular formula is C21H22FN3O2. The molecule has 140 valence electrons. The molecular weight excluding hydrogens is 345 g/mol. The molecule has 5 nitrogen and oxygen atoms in total. The van der Waals surface area contributed by atoms with Gasteiger partial charge in [-0.15, -0.1) is 0 Å². The van der Waals surface area contributed by atoms with E-state index in [-0.39, 0.29) is 11.7 Å². The summed E-state index contributed by atoms with van der Waals surface area (Å²) in [5, 5.41) is 7.99. The second-order valence-corrected chi connectivity index (χ2v) is 6.83. The standard InChI is InChI=1S/C21H22FN3O2/c1-12(2)14-8-10-15(11-9-14)19-18(13(3)23-21(27)25-19)20(26)24-17-7-5-4-6-16(17)22/h4-12,19H,1-3H3,(H,24,26)(H2,23,25,27). The molecule has 1 heterocycles. The van der Waals surface area contributed by atoms with Crippen LogP contribution < -0.4 is 16.0 Å². The number of hydrogen-bond donors (Lipinski definition) is 3. The van der Waals surface area contributed by atoms with Crippen molar-refractivity contribution in [2.24, 2.45) is 0 Å². The van der Waals surface area contributed by atoms with E-state index in [1.807, 2.05) is 24.3 Å². The van der Waals surface area contributed by atoms with Crippen molar-refractivity contribution in [1.82, 2.24) is 10.6 Å². The van der Waals surface area contributed by atoms with Crippen LogP contribution >= 0.6 is 0 Å². The Morgan fingerprint density at radius 2 is 1.78 bits per heavy atom. The lowest BCUT2D eigenvalue weighted by atomic mass is 9.92. The Kier molecular flexibility index (Phi) is 5.26. The molecule has 0 aromatic heterocycles. The number of hydrogen-bond acceptors (Lipinski definition) is 2. The number of halogens is 1. The van der Waals surface area contributed by atoms with Gasteiger partial charge < -0.3 is 16.0 Å². The fourth-order valence-corrected chi connectivity index (χ4v) is 3.07. The molecule has 0 saturated heterocycles. The summed E-state index contributed by atoms with van der Waals surface area (Å²) in [7, 11) is 0. The minimum atomic E-state index is -0.619. The summed E-state index contributed by atoms with van der Waals surface area (Å²) in [5.74, 6) is -0.611. The summed E-state index contributed by atoms with van der Waals surface area (Å²) in [5.41, 5.74) is 2.82. The number of rotatable bonds is 4. The van der Waals surface area contributed by atoms with Crippen LogP contribution in [-0.2, 0) is 4.79 Å². The van der Waals surface area contributed by atoms with Gasteiger partial charge in [0, 0.05) is 5.70 Å². The zero-order valence-electron chi connectivity index (χ0n) is 15.5. The molecule has 1 unspecified atom stereocenters. The lowest BCUT2D eigenvalue weighted by Gasteiger charge is -2.29. The van der Waals surface area contributed by atoms with E-state index in [1.165, 1.54) is 12.1 Å². The summed E-state index contributed by atoms with van der Waals surface area (Å²) in [6.07, 6.45) is 0.